The Morgan fingerprint density at radius 3 is 2.83 bits per heavy atom. The van der Waals surface area contributed by atoms with Crippen molar-refractivity contribution in [3.05, 3.63) is 18.0 Å². The minimum Gasteiger partial charge on any atom is -0.503 e. The molecule has 2 amide bonds. The van der Waals surface area contributed by atoms with E-state index in [1.807, 2.05) is 5.32 Å². The summed E-state index contributed by atoms with van der Waals surface area (Å²) >= 11 is 0. The van der Waals surface area contributed by atoms with E-state index in [9.17, 15) is 14.7 Å². The number of ether oxygens (including phenoxy) is 1. The maximum absolute atomic E-state index is 11.7. The molecule has 7 nitrogen and oxygen atoms in total. The molecule has 0 unspecified atom stereocenters. The predicted octanol–water partition coefficient (Wildman–Crippen LogP) is -0.211. The molecule has 0 aromatic carbocycles. The number of aromatic nitrogens is 1. The van der Waals surface area contributed by atoms with Crippen molar-refractivity contribution in [2.45, 2.75) is 19.9 Å². The number of pyridine rings is 1. The molecule has 98 valence electrons. The summed E-state index contributed by atoms with van der Waals surface area (Å²) in [5.74, 6) is -1.75. The van der Waals surface area contributed by atoms with Gasteiger partial charge >= 0.3 is 0 Å². The molecule has 0 aliphatic rings. The van der Waals surface area contributed by atoms with E-state index < -0.39 is 23.6 Å². The Balaban J connectivity index is 2.92. The zero-order chi connectivity index (χ0) is 13.7. The highest BCUT2D eigenvalue weighted by atomic mass is 16.5. The summed E-state index contributed by atoms with van der Waals surface area (Å²) in [5, 5.41) is 11.8. The number of hydrogen-bond acceptors (Lipinski definition) is 6. The summed E-state index contributed by atoms with van der Waals surface area (Å²) < 4.78 is 5.10. The SMILES string of the molecule is CCOc1ccnc(C(=O)NC(=O)[C@H](C)N)c1O. The van der Waals surface area contributed by atoms with Crippen molar-refractivity contribution in [2.75, 3.05) is 6.61 Å². The second-order valence-electron chi connectivity index (χ2n) is 3.55. The summed E-state index contributed by atoms with van der Waals surface area (Å²) in [7, 11) is 0. The Morgan fingerprint density at radius 2 is 2.28 bits per heavy atom. The van der Waals surface area contributed by atoms with E-state index in [1.165, 1.54) is 19.2 Å². The van der Waals surface area contributed by atoms with Crippen molar-refractivity contribution in [2.24, 2.45) is 5.73 Å². The van der Waals surface area contributed by atoms with Crippen molar-refractivity contribution in [3.63, 3.8) is 0 Å². The molecule has 1 aromatic rings. The van der Waals surface area contributed by atoms with Crippen molar-refractivity contribution in [1.82, 2.24) is 10.3 Å². The second kappa shape index (κ2) is 5.97. The summed E-state index contributed by atoms with van der Waals surface area (Å²) in [6, 6.07) is 0.592. The lowest BCUT2D eigenvalue weighted by molar-refractivity contribution is -0.121. The molecule has 18 heavy (non-hydrogen) atoms. The molecule has 1 aromatic heterocycles. The van der Waals surface area contributed by atoms with Gasteiger partial charge in [-0.3, -0.25) is 14.9 Å². The van der Waals surface area contributed by atoms with Gasteiger partial charge < -0.3 is 15.6 Å². The molecule has 0 aliphatic carbocycles. The number of carbonyl (C=O) groups is 2. The zero-order valence-electron chi connectivity index (χ0n) is 10.1. The van der Waals surface area contributed by atoms with Crippen LogP contribution in [0, 0.1) is 0 Å². The van der Waals surface area contributed by atoms with Crippen molar-refractivity contribution in [1.29, 1.82) is 0 Å². The van der Waals surface area contributed by atoms with Gasteiger partial charge in [-0.15, -0.1) is 0 Å². The number of nitrogens with zero attached hydrogens (tertiary/aromatic N) is 1. The van der Waals surface area contributed by atoms with Gasteiger partial charge in [0.25, 0.3) is 5.91 Å². The third-order valence-corrected chi connectivity index (χ3v) is 2.05. The Kier molecular flexibility index (Phi) is 4.61. The monoisotopic (exact) mass is 253 g/mol. The van der Waals surface area contributed by atoms with Crippen LogP contribution in [0.4, 0.5) is 0 Å². The molecule has 0 saturated carbocycles. The van der Waals surface area contributed by atoms with E-state index in [2.05, 4.69) is 4.98 Å². The molecule has 0 fully saturated rings. The topological polar surface area (TPSA) is 115 Å². The molecule has 0 bridgehead atoms. The Hall–Kier alpha value is -2.15. The maximum atomic E-state index is 11.7. The molecule has 1 atom stereocenters. The number of aromatic hydroxyl groups is 1. The lowest BCUT2D eigenvalue weighted by Crippen LogP contribution is -2.41. The van der Waals surface area contributed by atoms with E-state index in [4.69, 9.17) is 10.5 Å². The zero-order valence-corrected chi connectivity index (χ0v) is 10.1. The van der Waals surface area contributed by atoms with E-state index in [-0.39, 0.29) is 11.4 Å². The summed E-state index contributed by atoms with van der Waals surface area (Å²) in [6.45, 7) is 3.50. The number of rotatable bonds is 4. The fourth-order valence-corrected chi connectivity index (χ4v) is 1.16. The summed E-state index contributed by atoms with van der Waals surface area (Å²) in [4.78, 5) is 26.6. The van der Waals surface area contributed by atoms with E-state index in [0.29, 0.717) is 6.61 Å². The summed E-state index contributed by atoms with van der Waals surface area (Å²) in [6.07, 6.45) is 1.30. The van der Waals surface area contributed by atoms with Crippen molar-refractivity contribution in [3.8, 4) is 11.5 Å². The third-order valence-electron chi connectivity index (χ3n) is 2.05. The Morgan fingerprint density at radius 1 is 1.61 bits per heavy atom. The minimum atomic E-state index is -0.828. The minimum absolute atomic E-state index is 0.130. The van der Waals surface area contributed by atoms with Gasteiger partial charge in [-0.1, -0.05) is 0 Å². The van der Waals surface area contributed by atoms with Crippen LogP contribution in [0.3, 0.4) is 0 Å². The molecule has 0 radical (unpaired) electrons. The Labute approximate surface area is 104 Å². The van der Waals surface area contributed by atoms with Gasteiger partial charge in [0.05, 0.1) is 12.6 Å². The molecule has 1 rings (SSSR count). The second-order valence-corrected chi connectivity index (χ2v) is 3.55. The number of amides is 2. The van der Waals surface area contributed by atoms with Crippen LogP contribution in [0.15, 0.2) is 12.3 Å². The van der Waals surface area contributed by atoms with Gasteiger partial charge in [0, 0.05) is 12.3 Å². The number of imide groups is 1. The number of hydrogen-bond donors (Lipinski definition) is 3. The average molecular weight is 253 g/mol. The van der Waals surface area contributed by atoms with Gasteiger partial charge in [0.1, 0.15) is 0 Å². The first kappa shape index (κ1) is 13.9. The predicted molar refractivity (Wildman–Crippen MR) is 63.2 cm³/mol. The molecule has 4 N–H and O–H groups in total. The standard InChI is InChI=1S/C11H15N3O4/c1-3-18-7-4-5-13-8(9(7)15)11(17)14-10(16)6(2)12/h4-6,15H,3,12H2,1-2H3,(H,14,16,17)/t6-/m0/s1. The fourth-order valence-electron chi connectivity index (χ4n) is 1.16. The van der Waals surface area contributed by atoms with Crippen LogP contribution in [0.1, 0.15) is 24.3 Å². The number of nitrogens with two attached hydrogens (primary N) is 1. The van der Waals surface area contributed by atoms with Gasteiger partial charge in [0.15, 0.2) is 17.2 Å². The lowest BCUT2D eigenvalue weighted by Gasteiger charge is -2.09. The van der Waals surface area contributed by atoms with Crippen LogP contribution in [0.5, 0.6) is 11.5 Å². The van der Waals surface area contributed by atoms with Crippen LogP contribution in [0.25, 0.3) is 0 Å². The highest BCUT2D eigenvalue weighted by Gasteiger charge is 2.20. The lowest BCUT2D eigenvalue weighted by atomic mass is 10.2. The molecule has 0 spiro atoms. The molecule has 0 saturated heterocycles. The number of carbonyl (C=O) groups excluding carboxylic acids is 2. The number of nitrogens with one attached hydrogen (secondary N) is 1. The van der Waals surface area contributed by atoms with Gasteiger partial charge in [-0.2, -0.15) is 0 Å². The first-order chi connectivity index (χ1) is 8.47. The summed E-state index contributed by atoms with van der Waals surface area (Å²) in [5.41, 5.74) is 5.02. The van der Waals surface area contributed by atoms with Crippen molar-refractivity contribution < 1.29 is 19.4 Å². The van der Waals surface area contributed by atoms with Crippen LogP contribution in [-0.4, -0.2) is 34.6 Å². The smallest absolute Gasteiger partial charge is 0.280 e. The fraction of sp³-hybridized carbons (Fsp3) is 0.364. The quantitative estimate of drug-likeness (QED) is 0.684. The molecule has 1 heterocycles. The first-order valence-corrected chi connectivity index (χ1v) is 5.38. The molecule has 7 heteroatoms. The van der Waals surface area contributed by atoms with Crippen LogP contribution < -0.4 is 15.8 Å². The van der Waals surface area contributed by atoms with Gasteiger partial charge in [-0.25, -0.2) is 4.98 Å². The third kappa shape index (κ3) is 3.17. The van der Waals surface area contributed by atoms with Crippen LogP contribution in [-0.2, 0) is 4.79 Å². The highest BCUT2D eigenvalue weighted by Crippen LogP contribution is 2.27. The molecular weight excluding hydrogens is 238 g/mol. The Bertz CT molecular complexity index is 460. The molecular formula is C11H15N3O4. The highest BCUT2D eigenvalue weighted by molar-refractivity contribution is 6.06. The van der Waals surface area contributed by atoms with E-state index in [0.717, 1.165) is 0 Å². The van der Waals surface area contributed by atoms with Crippen LogP contribution in [0.2, 0.25) is 0 Å². The maximum Gasteiger partial charge on any atom is 0.280 e. The van der Waals surface area contributed by atoms with Gasteiger partial charge in [0.2, 0.25) is 5.91 Å². The average Bonchev–Trinajstić information content (AvgIpc) is 2.31. The largest absolute Gasteiger partial charge is 0.503 e. The van der Waals surface area contributed by atoms with Crippen LogP contribution >= 0.6 is 0 Å². The first-order valence-electron chi connectivity index (χ1n) is 5.38. The molecule has 0 aliphatic heterocycles. The van der Waals surface area contributed by atoms with Gasteiger partial charge in [-0.05, 0) is 13.8 Å². The van der Waals surface area contributed by atoms with E-state index in [1.54, 1.807) is 6.92 Å². The normalized spacial score (nSPS) is 11.7. The van der Waals surface area contributed by atoms with E-state index >= 15 is 0 Å². The van der Waals surface area contributed by atoms with Crippen molar-refractivity contribution >= 4 is 11.8 Å².